The monoisotopic (exact) mass is 743 g/mol. The van der Waals surface area contributed by atoms with Gasteiger partial charge >= 0.3 is 0 Å². The lowest BCUT2D eigenvalue weighted by Gasteiger charge is -2.36. The third-order valence-corrected chi connectivity index (χ3v) is 14.8. The van der Waals surface area contributed by atoms with Crippen LogP contribution in [0, 0.1) is 71.0 Å². The van der Waals surface area contributed by atoms with Crippen LogP contribution in [0.2, 0.25) is 0 Å². The summed E-state index contributed by atoms with van der Waals surface area (Å²) >= 11 is 0. The molecule has 4 aliphatic rings. The van der Waals surface area contributed by atoms with Crippen LogP contribution in [0.4, 0.5) is 0 Å². The highest BCUT2D eigenvalue weighted by Crippen LogP contribution is 2.43. The zero-order valence-corrected chi connectivity index (χ0v) is 36.3. The zero-order valence-electron chi connectivity index (χ0n) is 36.3. The summed E-state index contributed by atoms with van der Waals surface area (Å²) in [7, 11) is 0. The number of benzene rings is 2. The molecular weight excluding hydrogens is 661 g/mol. The average molecular weight is 743 g/mol. The predicted octanol–water partition coefficient (Wildman–Crippen LogP) is 16.0. The van der Waals surface area contributed by atoms with Crippen LogP contribution in [0.1, 0.15) is 210 Å². The standard InChI is InChI=1S/C28H42.C27H40/c1-3-5-6-7-8-24-9-11-25(12-10-24)13-14-26-17-21-28(22-18-26)27-19-15-23(4-2)16-20-27;1-3-4-5-6-7-23-10-12-24(13-11-23)14-15-25-16-20-27(21-17-25)26-18-8-22(2)9-19-26/h9-12,23,26-28H,3-8,15-22H2,1-2H3;10-13,22,25-27H,3-9,16-21H2,1-2H3/t23-,26?,27-,28?;22-,25?,26-,27?. The smallest absolute Gasteiger partial charge is 0.0245 e. The molecule has 55 heavy (non-hydrogen) atoms. The van der Waals surface area contributed by atoms with Crippen molar-refractivity contribution in [2.75, 3.05) is 0 Å². The summed E-state index contributed by atoms with van der Waals surface area (Å²) in [6.45, 7) is 9.35. The Morgan fingerprint density at radius 3 is 1.15 bits per heavy atom. The van der Waals surface area contributed by atoms with Crippen molar-refractivity contribution in [2.24, 2.45) is 47.3 Å². The van der Waals surface area contributed by atoms with Gasteiger partial charge in [0.2, 0.25) is 0 Å². The van der Waals surface area contributed by atoms with Gasteiger partial charge in [-0.15, -0.1) is 0 Å². The van der Waals surface area contributed by atoms with E-state index >= 15 is 0 Å². The van der Waals surface area contributed by atoms with Gasteiger partial charge < -0.3 is 0 Å². The number of unbranched alkanes of at least 4 members (excludes halogenated alkanes) is 6. The molecule has 0 radical (unpaired) electrons. The van der Waals surface area contributed by atoms with E-state index in [1.165, 1.54) is 196 Å². The molecule has 4 aliphatic carbocycles. The molecule has 0 nitrogen and oxygen atoms in total. The van der Waals surface area contributed by atoms with Gasteiger partial charge in [0.05, 0.1) is 0 Å². The van der Waals surface area contributed by atoms with Gasteiger partial charge in [-0.05, 0) is 174 Å². The number of hydrogen-bond donors (Lipinski definition) is 0. The summed E-state index contributed by atoms with van der Waals surface area (Å²) in [5.41, 5.74) is 5.35. The molecular formula is C55H82. The van der Waals surface area contributed by atoms with E-state index in [-0.39, 0.29) is 0 Å². The second kappa shape index (κ2) is 25.0. The quantitative estimate of drug-likeness (QED) is 0.142. The highest BCUT2D eigenvalue weighted by molar-refractivity contribution is 5.37. The van der Waals surface area contributed by atoms with Crippen LogP contribution in [-0.4, -0.2) is 0 Å². The SMILES string of the molecule is CCCCCCc1ccc(C#CC2CCC([C@H]3CC[C@H](C)CC3)CC2)cc1.CCCCCCc1ccc(C#CC2CCC([C@H]3CC[C@H](CC)CC3)CC2)cc1. The van der Waals surface area contributed by atoms with Crippen molar-refractivity contribution in [2.45, 2.75) is 201 Å². The molecule has 4 fully saturated rings. The van der Waals surface area contributed by atoms with Gasteiger partial charge in [0, 0.05) is 23.0 Å². The van der Waals surface area contributed by atoms with E-state index < -0.39 is 0 Å². The summed E-state index contributed by atoms with van der Waals surface area (Å²) in [5.74, 6) is 21.5. The zero-order chi connectivity index (χ0) is 38.5. The normalized spacial score (nSPS) is 28.1. The second-order valence-corrected chi connectivity index (χ2v) is 19.0. The fourth-order valence-electron chi connectivity index (χ4n) is 10.7. The Hall–Kier alpha value is -2.44. The largest absolute Gasteiger partial charge is 0.0945 e. The molecule has 0 bridgehead atoms. The van der Waals surface area contributed by atoms with Gasteiger partial charge in [0.25, 0.3) is 0 Å². The molecule has 6 rings (SSSR count). The first kappa shape index (κ1) is 43.7. The maximum Gasteiger partial charge on any atom is 0.0245 e. The van der Waals surface area contributed by atoms with E-state index in [0.29, 0.717) is 11.8 Å². The molecule has 0 saturated heterocycles. The molecule has 0 heteroatoms. The first-order valence-corrected chi connectivity index (χ1v) is 24.2. The van der Waals surface area contributed by atoms with Crippen LogP contribution in [0.3, 0.4) is 0 Å². The Morgan fingerprint density at radius 1 is 0.418 bits per heavy atom. The van der Waals surface area contributed by atoms with Gasteiger partial charge in [-0.1, -0.05) is 146 Å². The summed E-state index contributed by atoms with van der Waals surface area (Å²) < 4.78 is 0. The highest BCUT2D eigenvalue weighted by atomic mass is 14.4. The van der Waals surface area contributed by atoms with Crippen molar-refractivity contribution in [1.29, 1.82) is 0 Å². The second-order valence-electron chi connectivity index (χ2n) is 19.0. The highest BCUT2D eigenvalue weighted by Gasteiger charge is 2.31. The van der Waals surface area contributed by atoms with E-state index in [0.717, 1.165) is 35.5 Å². The van der Waals surface area contributed by atoms with Crippen molar-refractivity contribution < 1.29 is 0 Å². The molecule has 0 spiro atoms. The van der Waals surface area contributed by atoms with Crippen molar-refractivity contribution in [3.05, 3.63) is 70.8 Å². The maximum absolute atomic E-state index is 3.61. The Bertz CT molecular complexity index is 1410. The lowest BCUT2D eigenvalue weighted by molar-refractivity contribution is 0.156. The molecule has 0 unspecified atom stereocenters. The van der Waals surface area contributed by atoms with Crippen LogP contribution in [-0.2, 0) is 12.8 Å². The average Bonchev–Trinajstić information content (AvgIpc) is 3.24. The van der Waals surface area contributed by atoms with Crippen molar-refractivity contribution in [3.63, 3.8) is 0 Å². The Morgan fingerprint density at radius 2 is 0.782 bits per heavy atom. The number of rotatable bonds is 13. The van der Waals surface area contributed by atoms with E-state index in [2.05, 4.69) is 99.9 Å². The maximum atomic E-state index is 3.61. The number of hydrogen-bond acceptors (Lipinski definition) is 0. The Kier molecular flexibility index (Phi) is 19.9. The number of aryl methyl sites for hydroxylation is 2. The molecule has 0 aromatic heterocycles. The van der Waals surface area contributed by atoms with Crippen molar-refractivity contribution in [1.82, 2.24) is 0 Å². The molecule has 0 amide bonds. The molecule has 0 aliphatic heterocycles. The van der Waals surface area contributed by atoms with Gasteiger partial charge in [0.15, 0.2) is 0 Å². The minimum atomic E-state index is 0.636. The third-order valence-electron chi connectivity index (χ3n) is 14.8. The molecule has 2 aromatic carbocycles. The van der Waals surface area contributed by atoms with Gasteiger partial charge in [0.1, 0.15) is 0 Å². The topological polar surface area (TPSA) is 0 Å². The van der Waals surface area contributed by atoms with E-state index in [1.54, 1.807) is 0 Å². The lowest BCUT2D eigenvalue weighted by Crippen LogP contribution is -2.25. The van der Waals surface area contributed by atoms with E-state index in [4.69, 9.17) is 0 Å². The van der Waals surface area contributed by atoms with Crippen LogP contribution in [0.25, 0.3) is 0 Å². The first-order chi connectivity index (χ1) is 27.0. The Balaban J connectivity index is 0.000000211. The van der Waals surface area contributed by atoms with Crippen LogP contribution >= 0.6 is 0 Å². The molecule has 302 valence electrons. The Labute approximate surface area is 341 Å². The minimum Gasteiger partial charge on any atom is -0.0945 e. The molecule has 4 saturated carbocycles. The van der Waals surface area contributed by atoms with Gasteiger partial charge in [-0.2, -0.15) is 0 Å². The molecule has 2 aromatic rings. The summed E-state index contributed by atoms with van der Waals surface area (Å²) in [5, 5.41) is 0. The fraction of sp³-hybridized carbons (Fsp3) is 0.709. The van der Waals surface area contributed by atoms with Gasteiger partial charge in [-0.25, -0.2) is 0 Å². The molecule has 0 atom stereocenters. The van der Waals surface area contributed by atoms with Crippen molar-refractivity contribution >= 4 is 0 Å². The van der Waals surface area contributed by atoms with Crippen LogP contribution in [0.5, 0.6) is 0 Å². The van der Waals surface area contributed by atoms with Crippen molar-refractivity contribution in [3.8, 4) is 23.7 Å². The fourth-order valence-corrected chi connectivity index (χ4v) is 10.7. The summed E-state index contributed by atoms with van der Waals surface area (Å²) in [6, 6.07) is 18.1. The summed E-state index contributed by atoms with van der Waals surface area (Å²) in [6.07, 6.45) is 37.5. The molecule has 0 N–H and O–H groups in total. The summed E-state index contributed by atoms with van der Waals surface area (Å²) in [4.78, 5) is 0. The molecule has 0 heterocycles. The third kappa shape index (κ3) is 15.8. The van der Waals surface area contributed by atoms with E-state index in [9.17, 15) is 0 Å². The van der Waals surface area contributed by atoms with E-state index in [1.807, 2.05) is 0 Å². The van der Waals surface area contributed by atoms with Crippen LogP contribution < -0.4 is 0 Å². The predicted molar refractivity (Wildman–Crippen MR) is 240 cm³/mol. The van der Waals surface area contributed by atoms with Crippen LogP contribution in [0.15, 0.2) is 48.5 Å². The lowest BCUT2D eigenvalue weighted by atomic mass is 9.69. The first-order valence-electron chi connectivity index (χ1n) is 24.2. The minimum absolute atomic E-state index is 0.636. The van der Waals surface area contributed by atoms with Gasteiger partial charge in [-0.3, -0.25) is 0 Å².